The minimum Gasteiger partial charge on any atom is -0.468 e. The molecule has 0 spiro atoms. The molecule has 0 saturated carbocycles. The van der Waals surface area contributed by atoms with Crippen LogP contribution in [-0.4, -0.2) is 29.3 Å². The fourth-order valence-corrected chi connectivity index (χ4v) is 1.08. The molecule has 1 saturated heterocycles. The van der Waals surface area contributed by atoms with Gasteiger partial charge in [0, 0.05) is 0 Å². The lowest BCUT2D eigenvalue weighted by molar-refractivity contribution is -0.0814. The second-order valence-corrected chi connectivity index (χ2v) is 3.09. The number of aromatic nitrogens is 2. The second-order valence-electron chi connectivity index (χ2n) is 2.75. The number of nitrogens with zero attached hydrogens (tertiary/aromatic N) is 3. The predicted octanol–water partition coefficient (Wildman–Crippen LogP) is 0.779. The third-order valence-electron chi connectivity index (χ3n) is 1.73. The summed E-state index contributed by atoms with van der Waals surface area (Å²) in [6, 6.07) is 1.93. The van der Waals surface area contributed by atoms with Crippen LogP contribution >= 0.6 is 11.6 Å². The molecule has 0 N–H and O–H groups in total. The minimum atomic E-state index is -0.0342. The zero-order valence-electron chi connectivity index (χ0n) is 7.11. The maximum Gasteiger partial charge on any atom is 0.236 e. The first kappa shape index (κ1) is 9.19. The largest absolute Gasteiger partial charge is 0.468 e. The summed E-state index contributed by atoms with van der Waals surface area (Å²) in [7, 11) is 0. The number of hydrogen-bond acceptors (Lipinski definition) is 5. The highest BCUT2D eigenvalue weighted by molar-refractivity contribution is 6.28. The normalized spacial score (nSPS) is 15.7. The van der Waals surface area contributed by atoms with Crippen molar-refractivity contribution in [2.24, 2.45) is 0 Å². The first-order valence-electron chi connectivity index (χ1n) is 3.96. The Morgan fingerprint density at radius 2 is 2.43 bits per heavy atom. The highest BCUT2D eigenvalue weighted by atomic mass is 35.5. The van der Waals surface area contributed by atoms with Gasteiger partial charge in [0.25, 0.3) is 0 Å². The molecule has 0 bridgehead atoms. The number of nitriles is 1. The molecule has 0 unspecified atom stereocenters. The SMILES string of the molecule is N#Cc1cnc(Cl)nc1OC1COC1. The monoisotopic (exact) mass is 211 g/mol. The van der Waals surface area contributed by atoms with E-state index in [1.807, 2.05) is 6.07 Å². The Bertz CT molecular complexity index is 387. The lowest BCUT2D eigenvalue weighted by atomic mass is 10.3. The van der Waals surface area contributed by atoms with Crippen molar-refractivity contribution in [1.82, 2.24) is 9.97 Å². The molecule has 2 rings (SSSR count). The molecule has 1 aromatic heterocycles. The van der Waals surface area contributed by atoms with Crippen LogP contribution in [0, 0.1) is 11.3 Å². The van der Waals surface area contributed by atoms with Crippen molar-refractivity contribution in [3.05, 3.63) is 17.0 Å². The lowest BCUT2D eigenvalue weighted by Gasteiger charge is -2.26. The molecule has 1 aliphatic rings. The fourth-order valence-electron chi connectivity index (χ4n) is 0.952. The average molecular weight is 212 g/mol. The summed E-state index contributed by atoms with van der Waals surface area (Å²) in [4.78, 5) is 7.50. The third-order valence-corrected chi connectivity index (χ3v) is 1.91. The molecule has 2 heterocycles. The standard InChI is InChI=1S/C8H6ClN3O2/c9-8-11-2-5(1-10)7(12-8)14-6-3-13-4-6/h2,6H,3-4H2. The van der Waals surface area contributed by atoms with Crippen LogP contribution in [-0.2, 0) is 4.74 Å². The molecule has 0 radical (unpaired) electrons. The molecular formula is C8H6ClN3O2. The maximum atomic E-state index is 8.73. The first-order valence-corrected chi connectivity index (χ1v) is 4.34. The van der Waals surface area contributed by atoms with Crippen molar-refractivity contribution in [3.8, 4) is 11.9 Å². The molecule has 1 aromatic rings. The summed E-state index contributed by atoms with van der Waals surface area (Å²) < 4.78 is 10.3. The highest BCUT2D eigenvalue weighted by Crippen LogP contribution is 2.19. The minimum absolute atomic E-state index is 0.0342. The molecule has 72 valence electrons. The van der Waals surface area contributed by atoms with Crippen LogP contribution in [0.5, 0.6) is 5.88 Å². The number of ether oxygens (including phenoxy) is 2. The van der Waals surface area contributed by atoms with E-state index in [4.69, 9.17) is 26.3 Å². The Balaban J connectivity index is 2.21. The summed E-state index contributed by atoms with van der Waals surface area (Å²) in [5.41, 5.74) is 0.279. The van der Waals surface area contributed by atoms with Crippen LogP contribution in [0.2, 0.25) is 5.28 Å². The Morgan fingerprint density at radius 1 is 1.64 bits per heavy atom. The van der Waals surface area contributed by atoms with Gasteiger partial charge in [0.15, 0.2) is 0 Å². The molecule has 1 fully saturated rings. The van der Waals surface area contributed by atoms with E-state index in [1.54, 1.807) is 0 Å². The first-order chi connectivity index (χ1) is 6.79. The zero-order valence-corrected chi connectivity index (χ0v) is 7.86. The van der Waals surface area contributed by atoms with Crippen molar-refractivity contribution < 1.29 is 9.47 Å². The molecule has 1 aliphatic heterocycles. The molecule has 0 amide bonds. The molecular weight excluding hydrogens is 206 g/mol. The average Bonchev–Trinajstić information content (AvgIpc) is 2.12. The summed E-state index contributed by atoms with van der Waals surface area (Å²) >= 11 is 5.58. The van der Waals surface area contributed by atoms with Gasteiger partial charge in [0.05, 0.1) is 19.4 Å². The molecule has 0 atom stereocenters. The van der Waals surface area contributed by atoms with E-state index in [1.165, 1.54) is 6.20 Å². The Hall–Kier alpha value is -1.38. The van der Waals surface area contributed by atoms with Gasteiger partial charge in [-0.05, 0) is 11.6 Å². The molecule has 5 nitrogen and oxygen atoms in total. The van der Waals surface area contributed by atoms with Gasteiger partial charge in [-0.25, -0.2) is 4.98 Å². The van der Waals surface area contributed by atoms with Crippen LogP contribution < -0.4 is 4.74 Å². The predicted molar refractivity (Wildman–Crippen MR) is 47.0 cm³/mol. The maximum absolute atomic E-state index is 8.73. The van der Waals surface area contributed by atoms with Gasteiger partial charge in [0.2, 0.25) is 11.2 Å². The smallest absolute Gasteiger partial charge is 0.236 e. The fraction of sp³-hybridized carbons (Fsp3) is 0.375. The number of halogens is 1. The van der Waals surface area contributed by atoms with E-state index in [0.717, 1.165) is 0 Å². The van der Waals surface area contributed by atoms with Crippen molar-refractivity contribution in [2.75, 3.05) is 13.2 Å². The summed E-state index contributed by atoms with van der Waals surface area (Å²) in [6.07, 6.45) is 1.30. The van der Waals surface area contributed by atoms with E-state index >= 15 is 0 Å². The Morgan fingerprint density at radius 3 is 3.00 bits per heavy atom. The summed E-state index contributed by atoms with van der Waals surface area (Å²) in [6.45, 7) is 1.04. The Labute approximate surface area is 85.2 Å². The van der Waals surface area contributed by atoms with E-state index in [-0.39, 0.29) is 22.8 Å². The van der Waals surface area contributed by atoms with Gasteiger partial charge in [0.1, 0.15) is 17.7 Å². The topological polar surface area (TPSA) is 68.0 Å². The van der Waals surface area contributed by atoms with Gasteiger partial charge in [-0.2, -0.15) is 10.2 Å². The summed E-state index contributed by atoms with van der Waals surface area (Å²) in [5, 5.41) is 8.80. The van der Waals surface area contributed by atoms with E-state index in [0.29, 0.717) is 13.2 Å². The van der Waals surface area contributed by atoms with Crippen molar-refractivity contribution in [1.29, 1.82) is 5.26 Å². The van der Waals surface area contributed by atoms with Gasteiger partial charge in [-0.3, -0.25) is 0 Å². The van der Waals surface area contributed by atoms with Crippen LogP contribution in [0.25, 0.3) is 0 Å². The van der Waals surface area contributed by atoms with E-state index in [9.17, 15) is 0 Å². The van der Waals surface area contributed by atoms with Gasteiger partial charge in [-0.15, -0.1) is 0 Å². The van der Waals surface area contributed by atoms with Crippen molar-refractivity contribution in [2.45, 2.75) is 6.10 Å². The zero-order chi connectivity index (χ0) is 9.97. The highest BCUT2D eigenvalue weighted by Gasteiger charge is 2.22. The van der Waals surface area contributed by atoms with E-state index < -0.39 is 0 Å². The van der Waals surface area contributed by atoms with Crippen LogP contribution in [0.15, 0.2) is 6.20 Å². The van der Waals surface area contributed by atoms with Crippen molar-refractivity contribution in [3.63, 3.8) is 0 Å². The van der Waals surface area contributed by atoms with Gasteiger partial charge < -0.3 is 9.47 Å². The van der Waals surface area contributed by atoms with Gasteiger partial charge >= 0.3 is 0 Å². The molecule has 0 aromatic carbocycles. The molecule has 14 heavy (non-hydrogen) atoms. The van der Waals surface area contributed by atoms with Gasteiger partial charge in [-0.1, -0.05) is 0 Å². The third kappa shape index (κ3) is 1.76. The molecule has 6 heteroatoms. The summed E-state index contributed by atoms with van der Waals surface area (Å²) in [5.74, 6) is 0.223. The van der Waals surface area contributed by atoms with E-state index in [2.05, 4.69) is 9.97 Å². The Kier molecular flexibility index (Phi) is 2.48. The molecule has 0 aliphatic carbocycles. The van der Waals surface area contributed by atoms with Crippen LogP contribution in [0.1, 0.15) is 5.56 Å². The number of rotatable bonds is 2. The quantitative estimate of drug-likeness (QED) is 0.677. The lowest BCUT2D eigenvalue weighted by Crippen LogP contribution is -2.39. The van der Waals surface area contributed by atoms with Crippen LogP contribution in [0.3, 0.4) is 0 Å². The van der Waals surface area contributed by atoms with Crippen molar-refractivity contribution >= 4 is 11.6 Å². The number of hydrogen-bond donors (Lipinski definition) is 0. The second kappa shape index (κ2) is 3.78. The van der Waals surface area contributed by atoms with Crippen LogP contribution in [0.4, 0.5) is 0 Å².